The fraction of sp³-hybridized carbons (Fsp3) is 0.353. The summed E-state index contributed by atoms with van der Waals surface area (Å²) in [5.74, 6) is 1.27. The lowest BCUT2D eigenvalue weighted by molar-refractivity contribution is 0.102. The van der Waals surface area contributed by atoms with E-state index in [-0.39, 0.29) is 5.91 Å². The zero-order valence-corrected chi connectivity index (χ0v) is 13.0. The van der Waals surface area contributed by atoms with Crippen LogP contribution in [0.4, 0.5) is 11.5 Å². The molecule has 1 aromatic heterocycles. The molecule has 2 aromatic rings. The Morgan fingerprint density at radius 1 is 1.09 bits per heavy atom. The molecule has 2 heterocycles. The van der Waals surface area contributed by atoms with Crippen LogP contribution in [0.5, 0.6) is 0 Å². The third-order valence-electron chi connectivity index (χ3n) is 3.80. The van der Waals surface area contributed by atoms with Gasteiger partial charge in [-0.2, -0.15) is 0 Å². The molecule has 0 spiro atoms. The van der Waals surface area contributed by atoms with Crippen LogP contribution in [-0.2, 0) is 0 Å². The highest BCUT2D eigenvalue weighted by Crippen LogP contribution is 2.19. The molecule has 22 heavy (non-hydrogen) atoms. The summed E-state index contributed by atoms with van der Waals surface area (Å²) in [4.78, 5) is 23.3. The van der Waals surface area contributed by atoms with Gasteiger partial charge in [0.2, 0.25) is 0 Å². The Bertz CT molecular complexity index is 676. The zero-order valence-electron chi connectivity index (χ0n) is 13.0. The Hall–Kier alpha value is -2.43. The minimum Gasteiger partial charge on any atom is -0.356 e. The number of nitrogens with zero attached hydrogens (tertiary/aromatic N) is 3. The molecule has 0 atom stereocenters. The van der Waals surface area contributed by atoms with Crippen molar-refractivity contribution in [2.45, 2.75) is 26.7 Å². The fourth-order valence-electron chi connectivity index (χ4n) is 2.61. The van der Waals surface area contributed by atoms with E-state index in [1.165, 1.54) is 12.8 Å². The van der Waals surface area contributed by atoms with Crippen molar-refractivity contribution in [3.63, 3.8) is 0 Å². The van der Waals surface area contributed by atoms with E-state index >= 15 is 0 Å². The van der Waals surface area contributed by atoms with Crippen molar-refractivity contribution in [2.75, 3.05) is 23.3 Å². The van der Waals surface area contributed by atoms with Crippen molar-refractivity contribution in [3.05, 3.63) is 47.4 Å². The van der Waals surface area contributed by atoms with Gasteiger partial charge in [0, 0.05) is 24.8 Å². The van der Waals surface area contributed by atoms with E-state index in [9.17, 15) is 4.79 Å². The number of carbonyl (C=O) groups excluding carboxylic acids is 1. The lowest BCUT2D eigenvalue weighted by Crippen LogP contribution is -2.22. The first-order chi connectivity index (χ1) is 10.6. The molecule has 1 aromatic carbocycles. The van der Waals surface area contributed by atoms with Gasteiger partial charge in [0.05, 0.1) is 0 Å². The third kappa shape index (κ3) is 3.24. The van der Waals surface area contributed by atoms with E-state index in [0.29, 0.717) is 11.5 Å². The lowest BCUT2D eigenvalue weighted by atomic mass is 10.2. The lowest BCUT2D eigenvalue weighted by Gasteiger charge is -2.17. The predicted molar refractivity (Wildman–Crippen MR) is 87.3 cm³/mol. The molecule has 5 nitrogen and oxygen atoms in total. The van der Waals surface area contributed by atoms with Gasteiger partial charge in [0.15, 0.2) is 0 Å². The normalized spacial score (nSPS) is 14.2. The molecule has 0 aliphatic carbocycles. The molecular weight excluding hydrogens is 276 g/mol. The Balaban J connectivity index is 1.80. The van der Waals surface area contributed by atoms with E-state index in [1.807, 2.05) is 38.1 Å². The summed E-state index contributed by atoms with van der Waals surface area (Å²) in [6.07, 6.45) is 2.35. The van der Waals surface area contributed by atoms with E-state index < -0.39 is 0 Å². The van der Waals surface area contributed by atoms with Crippen LogP contribution in [0.2, 0.25) is 0 Å². The Morgan fingerprint density at radius 2 is 1.77 bits per heavy atom. The minimum absolute atomic E-state index is 0.199. The highest BCUT2D eigenvalue weighted by molar-refractivity contribution is 6.03. The second-order valence-electron chi connectivity index (χ2n) is 5.67. The van der Waals surface area contributed by atoms with Gasteiger partial charge >= 0.3 is 0 Å². The quantitative estimate of drug-likeness (QED) is 0.946. The topological polar surface area (TPSA) is 58.1 Å². The van der Waals surface area contributed by atoms with Gasteiger partial charge in [-0.15, -0.1) is 0 Å². The maximum Gasteiger partial charge on any atom is 0.274 e. The fourth-order valence-corrected chi connectivity index (χ4v) is 2.61. The van der Waals surface area contributed by atoms with Crippen LogP contribution < -0.4 is 10.2 Å². The third-order valence-corrected chi connectivity index (χ3v) is 3.80. The molecule has 0 unspecified atom stereocenters. The highest BCUT2D eigenvalue weighted by atomic mass is 16.1. The van der Waals surface area contributed by atoms with Crippen LogP contribution >= 0.6 is 0 Å². The largest absolute Gasteiger partial charge is 0.356 e. The number of hydrogen-bond donors (Lipinski definition) is 1. The van der Waals surface area contributed by atoms with Gasteiger partial charge < -0.3 is 10.2 Å². The van der Waals surface area contributed by atoms with Gasteiger partial charge in [-0.1, -0.05) is 17.7 Å². The minimum atomic E-state index is -0.199. The number of anilines is 2. The summed E-state index contributed by atoms with van der Waals surface area (Å²) in [7, 11) is 0. The van der Waals surface area contributed by atoms with Crippen molar-refractivity contribution < 1.29 is 4.79 Å². The molecule has 0 bridgehead atoms. The van der Waals surface area contributed by atoms with E-state index in [2.05, 4.69) is 20.2 Å². The highest BCUT2D eigenvalue weighted by Gasteiger charge is 2.17. The Kier molecular flexibility index (Phi) is 4.04. The number of aryl methyl sites for hydroxylation is 2. The van der Waals surface area contributed by atoms with Crippen molar-refractivity contribution in [1.82, 2.24) is 9.97 Å². The van der Waals surface area contributed by atoms with E-state index in [0.717, 1.165) is 30.2 Å². The summed E-state index contributed by atoms with van der Waals surface area (Å²) in [6.45, 7) is 5.83. The van der Waals surface area contributed by atoms with Crippen LogP contribution in [-0.4, -0.2) is 29.0 Å². The van der Waals surface area contributed by atoms with E-state index in [1.54, 1.807) is 6.07 Å². The summed E-state index contributed by atoms with van der Waals surface area (Å²) in [5, 5.41) is 2.88. The second-order valence-corrected chi connectivity index (χ2v) is 5.67. The van der Waals surface area contributed by atoms with Gasteiger partial charge in [-0.05, 0) is 38.8 Å². The zero-order chi connectivity index (χ0) is 15.5. The average Bonchev–Trinajstić information content (AvgIpc) is 3.03. The maximum atomic E-state index is 12.4. The standard InChI is InChI=1S/C17H20N4O/c1-12-5-7-14(8-6-12)20-17(22)15-11-16(19-13(2)18-15)21-9-3-4-10-21/h5-8,11H,3-4,9-10H2,1-2H3,(H,20,22). The predicted octanol–water partition coefficient (Wildman–Crippen LogP) is 2.95. The molecule has 0 radical (unpaired) electrons. The molecule has 114 valence electrons. The molecule has 3 rings (SSSR count). The van der Waals surface area contributed by atoms with Gasteiger partial charge in [-0.3, -0.25) is 4.79 Å². The van der Waals surface area contributed by atoms with Crippen LogP contribution in [0.1, 0.15) is 34.7 Å². The molecule has 1 fully saturated rings. The number of benzene rings is 1. The average molecular weight is 296 g/mol. The summed E-state index contributed by atoms with van der Waals surface area (Å²) in [6, 6.07) is 9.50. The summed E-state index contributed by atoms with van der Waals surface area (Å²) < 4.78 is 0. The Morgan fingerprint density at radius 3 is 2.45 bits per heavy atom. The van der Waals surface area contributed by atoms with Gasteiger partial charge in [0.1, 0.15) is 17.3 Å². The SMILES string of the molecule is Cc1ccc(NC(=O)c2cc(N3CCCC3)nc(C)n2)cc1. The second kappa shape index (κ2) is 6.13. The molecule has 1 amide bonds. The van der Waals surface area contributed by atoms with Crippen molar-refractivity contribution >= 4 is 17.4 Å². The van der Waals surface area contributed by atoms with E-state index in [4.69, 9.17) is 0 Å². The Labute approximate surface area is 130 Å². The first-order valence-corrected chi connectivity index (χ1v) is 7.60. The molecule has 0 saturated carbocycles. The molecule has 1 aliphatic rings. The van der Waals surface area contributed by atoms with Gasteiger partial charge in [-0.25, -0.2) is 9.97 Å². The summed E-state index contributed by atoms with van der Waals surface area (Å²) >= 11 is 0. The molecule has 1 N–H and O–H groups in total. The van der Waals surface area contributed by atoms with Crippen molar-refractivity contribution in [1.29, 1.82) is 0 Å². The smallest absolute Gasteiger partial charge is 0.274 e. The monoisotopic (exact) mass is 296 g/mol. The molecule has 1 saturated heterocycles. The molecule has 1 aliphatic heterocycles. The maximum absolute atomic E-state index is 12.4. The first-order valence-electron chi connectivity index (χ1n) is 7.60. The van der Waals surface area contributed by atoms with Crippen LogP contribution in [0.25, 0.3) is 0 Å². The number of aromatic nitrogens is 2. The first kappa shape index (κ1) is 14.5. The molecule has 5 heteroatoms. The number of hydrogen-bond acceptors (Lipinski definition) is 4. The van der Waals surface area contributed by atoms with Crippen LogP contribution in [0.15, 0.2) is 30.3 Å². The number of nitrogens with one attached hydrogen (secondary N) is 1. The van der Waals surface area contributed by atoms with Crippen LogP contribution in [0.3, 0.4) is 0 Å². The molecular formula is C17H20N4O. The van der Waals surface area contributed by atoms with Crippen LogP contribution in [0, 0.1) is 13.8 Å². The summed E-state index contributed by atoms with van der Waals surface area (Å²) in [5.41, 5.74) is 2.34. The number of amides is 1. The van der Waals surface area contributed by atoms with Crippen molar-refractivity contribution in [3.8, 4) is 0 Å². The number of rotatable bonds is 3. The number of carbonyl (C=O) groups is 1. The van der Waals surface area contributed by atoms with Gasteiger partial charge in [0.25, 0.3) is 5.91 Å². The van der Waals surface area contributed by atoms with Crippen molar-refractivity contribution in [2.24, 2.45) is 0 Å².